The summed E-state index contributed by atoms with van der Waals surface area (Å²) in [4.78, 5) is 0. The van der Waals surface area contributed by atoms with E-state index in [9.17, 15) is 0 Å². The van der Waals surface area contributed by atoms with Gasteiger partial charge in [0.15, 0.2) is 0 Å². The predicted octanol–water partition coefficient (Wildman–Crippen LogP) is 2.12. The molecule has 0 saturated heterocycles. The minimum atomic E-state index is 0.840. The molecule has 0 bridgehead atoms. The van der Waals surface area contributed by atoms with Gasteiger partial charge in [0, 0.05) is 3.58 Å². The first-order chi connectivity index (χ1) is 3.80. The Labute approximate surface area is 63.2 Å². The van der Waals surface area contributed by atoms with Crippen molar-refractivity contribution < 1.29 is 4.74 Å². The van der Waals surface area contributed by atoms with Gasteiger partial charge in [-0.05, 0) is 35.9 Å². The summed E-state index contributed by atoms with van der Waals surface area (Å²) in [6.45, 7) is 3.93. The molecule has 1 aliphatic heterocycles. The lowest BCUT2D eigenvalue weighted by atomic mass is 10.2. The van der Waals surface area contributed by atoms with Crippen molar-refractivity contribution in [3.8, 4) is 0 Å². The summed E-state index contributed by atoms with van der Waals surface area (Å²) in [5.74, 6) is 0. The van der Waals surface area contributed by atoms with Crippen molar-refractivity contribution in [1.82, 2.24) is 0 Å². The Balaban J connectivity index is 2.60. The highest BCUT2D eigenvalue weighted by Gasteiger charge is 2.04. The Morgan fingerprint density at radius 3 is 2.75 bits per heavy atom. The van der Waals surface area contributed by atoms with E-state index in [0.29, 0.717) is 0 Å². The molecule has 46 valence electrons. The smallest absolute Gasteiger partial charge is 0.0773 e. The van der Waals surface area contributed by atoms with E-state index in [1.54, 1.807) is 0 Å². The topological polar surface area (TPSA) is 9.23 Å². The third-order valence-corrected chi connectivity index (χ3v) is 2.55. The minimum absolute atomic E-state index is 0.840. The van der Waals surface area contributed by atoms with Crippen LogP contribution in [0, 0.1) is 0 Å². The molecule has 1 aliphatic rings. The van der Waals surface area contributed by atoms with Crippen molar-refractivity contribution in [2.45, 2.75) is 13.3 Å². The fourth-order valence-electron chi connectivity index (χ4n) is 0.646. The van der Waals surface area contributed by atoms with Crippen molar-refractivity contribution in [2.75, 3.05) is 13.2 Å². The zero-order valence-corrected chi connectivity index (χ0v) is 7.07. The van der Waals surface area contributed by atoms with Gasteiger partial charge in [0.1, 0.15) is 0 Å². The van der Waals surface area contributed by atoms with Crippen LogP contribution in [0.25, 0.3) is 0 Å². The monoisotopic (exact) mass is 224 g/mol. The summed E-state index contributed by atoms with van der Waals surface area (Å²) >= 11 is 2.34. The second-order valence-corrected chi connectivity index (χ2v) is 3.29. The first-order valence-electron chi connectivity index (χ1n) is 2.72. The molecule has 0 amide bonds. The van der Waals surface area contributed by atoms with E-state index in [0.717, 1.165) is 19.6 Å². The molecule has 0 fully saturated rings. The number of ether oxygens (including phenoxy) is 1. The van der Waals surface area contributed by atoms with E-state index in [1.807, 2.05) is 0 Å². The maximum atomic E-state index is 5.19. The summed E-state index contributed by atoms with van der Waals surface area (Å²) in [6.07, 6.45) is 1.12. The standard InChI is InChI=1S/C6H9IO/c1-5-2-3-8-4-6(5)7/h2-4H2,1H3. The number of hydrogen-bond donors (Lipinski definition) is 0. The average Bonchev–Trinajstić information content (AvgIpc) is 1.77. The first kappa shape index (κ1) is 6.55. The van der Waals surface area contributed by atoms with Gasteiger partial charge in [-0.2, -0.15) is 0 Å². The quantitative estimate of drug-likeness (QED) is 0.572. The van der Waals surface area contributed by atoms with Gasteiger partial charge in [0.05, 0.1) is 13.2 Å². The van der Waals surface area contributed by atoms with Crippen LogP contribution in [0.4, 0.5) is 0 Å². The van der Waals surface area contributed by atoms with Gasteiger partial charge >= 0.3 is 0 Å². The van der Waals surface area contributed by atoms with E-state index in [-0.39, 0.29) is 0 Å². The fraction of sp³-hybridized carbons (Fsp3) is 0.667. The lowest BCUT2D eigenvalue weighted by Crippen LogP contribution is -2.05. The summed E-state index contributed by atoms with van der Waals surface area (Å²) in [7, 11) is 0. The van der Waals surface area contributed by atoms with Crippen molar-refractivity contribution in [3.63, 3.8) is 0 Å². The fourth-order valence-corrected chi connectivity index (χ4v) is 1.14. The Morgan fingerprint density at radius 1 is 1.62 bits per heavy atom. The molecule has 0 aromatic carbocycles. The third-order valence-electron chi connectivity index (χ3n) is 1.31. The van der Waals surface area contributed by atoms with E-state index >= 15 is 0 Å². The molecular formula is C6H9IO. The molecule has 0 aliphatic carbocycles. The summed E-state index contributed by atoms with van der Waals surface area (Å²) in [5, 5.41) is 0. The lowest BCUT2D eigenvalue weighted by molar-refractivity contribution is 0.153. The van der Waals surface area contributed by atoms with Crippen LogP contribution in [0.3, 0.4) is 0 Å². The Morgan fingerprint density at radius 2 is 2.38 bits per heavy atom. The van der Waals surface area contributed by atoms with Crippen LogP contribution in [0.2, 0.25) is 0 Å². The molecule has 0 atom stereocenters. The van der Waals surface area contributed by atoms with Crippen LogP contribution in [0.15, 0.2) is 9.15 Å². The summed E-state index contributed by atoms with van der Waals surface area (Å²) in [6, 6.07) is 0. The largest absolute Gasteiger partial charge is 0.376 e. The molecule has 0 N–H and O–H groups in total. The van der Waals surface area contributed by atoms with Gasteiger partial charge < -0.3 is 4.74 Å². The van der Waals surface area contributed by atoms with Gasteiger partial charge in [0.25, 0.3) is 0 Å². The molecule has 1 heterocycles. The Kier molecular flexibility index (Phi) is 2.31. The number of rotatable bonds is 0. The molecule has 0 saturated carbocycles. The summed E-state index contributed by atoms with van der Waals surface area (Å²) in [5.41, 5.74) is 1.50. The summed E-state index contributed by atoms with van der Waals surface area (Å²) < 4.78 is 6.57. The highest BCUT2D eigenvalue weighted by atomic mass is 127. The normalized spacial score (nSPS) is 21.8. The van der Waals surface area contributed by atoms with Crippen molar-refractivity contribution in [1.29, 1.82) is 0 Å². The first-order valence-corrected chi connectivity index (χ1v) is 3.80. The van der Waals surface area contributed by atoms with E-state index in [4.69, 9.17) is 4.74 Å². The van der Waals surface area contributed by atoms with E-state index in [1.165, 1.54) is 9.15 Å². The zero-order chi connectivity index (χ0) is 5.98. The van der Waals surface area contributed by atoms with Gasteiger partial charge in [-0.3, -0.25) is 0 Å². The third kappa shape index (κ3) is 1.45. The molecule has 0 aromatic rings. The Bertz CT molecular complexity index is 104. The van der Waals surface area contributed by atoms with E-state index in [2.05, 4.69) is 29.5 Å². The molecule has 0 spiro atoms. The van der Waals surface area contributed by atoms with Crippen molar-refractivity contribution in [2.24, 2.45) is 0 Å². The maximum Gasteiger partial charge on any atom is 0.0773 e. The second-order valence-electron chi connectivity index (χ2n) is 1.99. The number of hydrogen-bond acceptors (Lipinski definition) is 1. The van der Waals surface area contributed by atoms with Gasteiger partial charge in [-0.25, -0.2) is 0 Å². The van der Waals surface area contributed by atoms with Gasteiger partial charge in [0.2, 0.25) is 0 Å². The van der Waals surface area contributed by atoms with Crippen molar-refractivity contribution in [3.05, 3.63) is 9.15 Å². The maximum absolute atomic E-state index is 5.19. The van der Waals surface area contributed by atoms with Crippen LogP contribution in [-0.4, -0.2) is 13.2 Å². The SMILES string of the molecule is CC1=C(I)COCC1. The molecule has 8 heavy (non-hydrogen) atoms. The van der Waals surface area contributed by atoms with E-state index < -0.39 is 0 Å². The molecular weight excluding hydrogens is 215 g/mol. The lowest BCUT2D eigenvalue weighted by Gasteiger charge is -2.12. The van der Waals surface area contributed by atoms with Crippen LogP contribution in [-0.2, 0) is 4.74 Å². The molecule has 0 aromatic heterocycles. The molecule has 1 rings (SSSR count). The van der Waals surface area contributed by atoms with Crippen LogP contribution < -0.4 is 0 Å². The zero-order valence-electron chi connectivity index (χ0n) is 4.91. The highest BCUT2D eigenvalue weighted by Crippen LogP contribution is 2.19. The molecule has 0 radical (unpaired) electrons. The van der Waals surface area contributed by atoms with Crippen LogP contribution in [0.5, 0.6) is 0 Å². The van der Waals surface area contributed by atoms with Gasteiger partial charge in [-0.1, -0.05) is 5.57 Å². The Hall–Kier alpha value is 0.430. The molecule has 1 nitrogen and oxygen atoms in total. The molecule has 2 heteroatoms. The van der Waals surface area contributed by atoms with Crippen LogP contribution in [0.1, 0.15) is 13.3 Å². The van der Waals surface area contributed by atoms with Crippen molar-refractivity contribution >= 4 is 22.6 Å². The average molecular weight is 224 g/mol. The number of halogens is 1. The highest BCUT2D eigenvalue weighted by molar-refractivity contribution is 14.1. The molecule has 0 unspecified atom stereocenters. The second kappa shape index (κ2) is 2.82. The minimum Gasteiger partial charge on any atom is -0.376 e. The predicted molar refractivity (Wildman–Crippen MR) is 42.2 cm³/mol. The van der Waals surface area contributed by atoms with Crippen LogP contribution >= 0.6 is 22.6 Å². The van der Waals surface area contributed by atoms with Gasteiger partial charge in [-0.15, -0.1) is 0 Å².